The Kier molecular flexibility index (Phi) is 3.72. The molecule has 1 amide bonds. The van der Waals surface area contributed by atoms with E-state index in [1.807, 2.05) is 6.92 Å². The third kappa shape index (κ3) is 2.41. The molecule has 5 heteroatoms. The molecule has 1 aliphatic rings. The SMILES string of the molecule is CC1=NN(c2ccc(F)cc2)C(=O)C1CCCN. The van der Waals surface area contributed by atoms with E-state index in [9.17, 15) is 9.18 Å². The Morgan fingerprint density at radius 3 is 2.67 bits per heavy atom. The van der Waals surface area contributed by atoms with E-state index in [4.69, 9.17) is 5.73 Å². The first kappa shape index (κ1) is 12.7. The average Bonchev–Trinajstić information content (AvgIpc) is 2.64. The highest BCUT2D eigenvalue weighted by Gasteiger charge is 2.33. The first-order chi connectivity index (χ1) is 8.63. The van der Waals surface area contributed by atoms with Crippen LogP contribution in [0.3, 0.4) is 0 Å². The van der Waals surface area contributed by atoms with E-state index in [1.165, 1.54) is 17.1 Å². The fraction of sp³-hybridized carbons (Fsp3) is 0.385. The molecule has 0 spiro atoms. The van der Waals surface area contributed by atoms with Gasteiger partial charge in [-0.1, -0.05) is 0 Å². The second-order valence-electron chi connectivity index (χ2n) is 4.35. The molecule has 0 saturated heterocycles. The van der Waals surface area contributed by atoms with E-state index in [-0.39, 0.29) is 17.6 Å². The molecule has 1 aliphatic heterocycles. The standard InChI is InChI=1S/C13H16FN3O/c1-9-12(3-2-8-15)13(18)17(16-9)11-6-4-10(14)5-7-11/h4-7,12H,2-3,8,15H2,1H3. The molecule has 1 unspecified atom stereocenters. The normalized spacial score (nSPS) is 19.3. The molecule has 18 heavy (non-hydrogen) atoms. The molecule has 0 fully saturated rings. The number of carbonyl (C=O) groups excluding carboxylic acids is 1. The van der Waals surface area contributed by atoms with Crippen molar-refractivity contribution in [1.29, 1.82) is 0 Å². The van der Waals surface area contributed by atoms with Crippen molar-refractivity contribution in [3.8, 4) is 0 Å². The third-order valence-electron chi connectivity index (χ3n) is 3.04. The van der Waals surface area contributed by atoms with Gasteiger partial charge in [0.05, 0.1) is 11.6 Å². The molecule has 1 aromatic rings. The summed E-state index contributed by atoms with van der Waals surface area (Å²) in [5.74, 6) is -0.586. The van der Waals surface area contributed by atoms with Gasteiger partial charge >= 0.3 is 0 Å². The molecule has 1 atom stereocenters. The summed E-state index contributed by atoms with van der Waals surface area (Å²) >= 11 is 0. The van der Waals surface area contributed by atoms with E-state index in [0.29, 0.717) is 18.7 Å². The number of hydrogen-bond donors (Lipinski definition) is 1. The summed E-state index contributed by atoms with van der Waals surface area (Å²) in [7, 11) is 0. The lowest BCUT2D eigenvalue weighted by atomic mass is 9.98. The largest absolute Gasteiger partial charge is 0.330 e. The quantitative estimate of drug-likeness (QED) is 0.886. The van der Waals surface area contributed by atoms with Gasteiger partial charge in [-0.05, 0) is 50.6 Å². The van der Waals surface area contributed by atoms with Crippen LogP contribution in [0.5, 0.6) is 0 Å². The van der Waals surface area contributed by atoms with Crippen molar-refractivity contribution >= 4 is 17.3 Å². The number of rotatable bonds is 4. The van der Waals surface area contributed by atoms with Gasteiger partial charge in [0.1, 0.15) is 5.82 Å². The number of carbonyl (C=O) groups is 1. The molecule has 96 valence electrons. The number of hydrazone groups is 1. The summed E-state index contributed by atoms with van der Waals surface area (Å²) in [6.45, 7) is 2.40. The van der Waals surface area contributed by atoms with Crippen LogP contribution in [0.2, 0.25) is 0 Å². The molecule has 0 aromatic heterocycles. The van der Waals surface area contributed by atoms with E-state index in [2.05, 4.69) is 5.10 Å². The predicted molar refractivity (Wildman–Crippen MR) is 68.8 cm³/mol. The van der Waals surface area contributed by atoms with Gasteiger partial charge in [0.2, 0.25) is 0 Å². The minimum absolute atomic E-state index is 0.0624. The molecule has 1 aromatic carbocycles. The van der Waals surface area contributed by atoms with Crippen molar-refractivity contribution in [1.82, 2.24) is 0 Å². The fourth-order valence-electron chi connectivity index (χ4n) is 2.02. The van der Waals surface area contributed by atoms with Crippen molar-refractivity contribution < 1.29 is 9.18 Å². The van der Waals surface area contributed by atoms with Gasteiger partial charge in [-0.3, -0.25) is 4.79 Å². The first-order valence-electron chi connectivity index (χ1n) is 5.98. The molecular formula is C13H16FN3O. The zero-order valence-corrected chi connectivity index (χ0v) is 10.3. The van der Waals surface area contributed by atoms with Crippen LogP contribution in [-0.4, -0.2) is 18.2 Å². The fourth-order valence-corrected chi connectivity index (χ4v) is 2.02. The minimum atomic E-state index is -0.328. The highest BCUT2D eigenvalue weighted by molar-refractivity contribution is 6.14. The highest BCUT2D eigenvalue weighted by Crippen LogP contribution is 2.26. The number of benzene rings is 1. The Bertz CT molecular complexity index is 470. The Balaban J connectivity index is 2.17. The lowest BCUT2D eigenvalue weighted by Crippen LogP contribution is -2.27. The van der Waals surface area contributed by atoms with Crippen molar-refractivity contribution in [2.75, 3.05) is 11.6 Å². The zero-order chi connectivity index (χ0) is 13.1. The summed E-state index contributed by atoms with van der Waals surface area (Å²) < 4.78 is 12.8. The van der Waals surface area contributed by atoms with Crippen molar-refractivity contribution in [2.24, 2.45) is 16.8 Å². The van der Waals surface area contributed by atoms with Gasteiger partial charge in [0.25, 0.3) is 5.91 Å². The van der Waals surface area contributed by atoms with Crippen LogP contribution >= 0.6 is 0 Å². The summed E-state index contributed by atoms with van der Waals surface area (Å²) in [6, 6.07) is 5.74. The van der Waals surface area contributed by atoms with Gasteiger partial charge in [-0.25, -0.2) is 9.40 Å². The number of nitrogens with two attached hydrogens (primary N) is 1. The minimum Gasteiger partial charge on any atom is -0.330 e. The van der Waals surface area contributed by atoms with Crippen molar-refractivity contribution in [2.45, 2.75) is 19.8 Å². The number of hydrogen-bond acceptors (Lipinski definition) is 3. The molecule has 1 heterocycles. The van der Waals surface area contributed by atoms with E-state index in [1.54, 1.807) is 12.1 Å². The Hall–Kier alpha value is -1.75. The number of amides is 1. The van der Waals surface area contributed by atoms with Gasteiger partial charge in [-0.2, -0.15) is 5.10 Å². The molecule has 0 aliphatic carbocycles. The summed E-state index contributed by atoms with van der Waals surface area (Å²) in [4.78, 5) is 12.2. The van der Waals surface area contributed by atoms with Crippen LogP contribution in [0.4, 0.5) is 10.1 Å². The molecule has 4 nitrogen and oxygen atoms in total. The molecule has 0 radical (unpaired) electrons. The van der Waals surface area contributed by atoms with Crippen LogP contribution in [0.15, 0.2) is 29.4 Å². The second kappa shape index (κ2) is 5.27. The maximum atomic E-state index is 12.8. The predicted octanol–water partition coefficient (Wildman–Crippen LogP) is 1.90. The van der Waals surface area contributed by atoms with Crippen molar-refractivity contribution in [3.63, 3.8) is 0 Å². The van der Waals surface area contributed by atoms with Crippen LogP contribution in [0.25, 0.3) is 0 Å². The molecule has 2 rings (SSSR count). The maximum Gasteiger partial charge on any atom is 0.256 e. The van der Waals surface area contributed by atoms with Crippen LogP contribution < -0.4 is 10.7 Å². The second-order valence-corrected chi connectivity index (χ2v) is 4.35. The monoisotopic (exact) mass is 249 g/mol. The topological polar surface area (TPSA) is 58.7 Å². The summed E-state index contributed by atoms with van der Waals surface area (Å²) in [5.41, 5.74) is 6.84. The summed E-state index contributed by atoms with van der Waals surface area (Å²) in [6.07, 6.45) is 1.50. The number of nitrogens with zero attached hydrogens (tertiary/aromatic N) is 2. The highest BCUT2D eigenvalue weighted by atomic mass is 19.1. The average molecular weight is 249 g/mol. The number of anilines is 1. The zero-order valence-electron chi connectivity index (χ0n) is 10.3. The third-order valence-corrected chi connectivity index (χ3v) is 3.04. The lowest BCUT2D eigenvalue weighted by Gasteiger charge is -2.14. The number of halogens is 1. The smallest absolute Gasteiger partial charge is 0.256 e. The van der Waals surface area contributed by atoms with Crippen LogP contribution in [0.1, 0.15) is 19.8 Å². The van der Waals surface area contributed by atoms with E-state index >= 15 is 0 Å². The Morgan fingerprint density at radius 1 is 1.39 bits per heavy atom. The Labute approximate surface area is 105 Å². The molecule has 0 saturated carbocycles. The van der Waals surface area contributed by atoms with Crippen LogP contribution in [-0.2, 0) is 4.79 Å². The van der Waals surface area contributed by atoms with Crippen LogP contribution in [0, 0.1) is 11.7 Å². The molecule has 2 N–H and O–H groups in total. The van der Waals surface area contributed by atoms with Gasteiger partial charge in [-0.15, -0.1) is 0 Å². The maximum absolute atomic E-state index is 12.8. The van der Waals surface area contributed by atoms with Crippen molar-refractivity contribution in [3.05, 3.63) is 30.1 Å². The van der Waals surface area contributed by atoms with Gasteiger partial charge in [0.15, 0.2) is 0 Å². The summed E-state index contributed by atoms with van der Waals surface area (Å²) in [5, 5.41) is 5.58. The van der Waals surface area contributed by atoms with Gasteiger partial charge in [0, 0.05) is 5.71 Å². The Morgan fingerprint density at radius 2 is 2.06 bits per heavy atom. The first-order valence-corrected chi connectivity index (χ1v) is 5.98. The molecule has 0 bridgehead atoms. The van der Waals surface area contributed by atoms with E-state index in [0.717, 1.165) is 12.1 Å². The van der Waals surface area contributed by atoms with E-state index < -0.39 is 0 Å². The lowest BCUT2D eigenvalue weighted by molar-refractivity contribution is -0.119. The van der Waals surface area contributed by atoms with Gasteiger partial charge < -0.3 is 5.73 Å². The molecular weight excluding hydrogens is 233 g/mol.